The van der Waals surface area contributed by atoms with E-state index in [1.165, 1.54) is 5.69 Å². The van der Waals surface area contributed by atoms with Crippen LogP contribution in [-0.2, 0) is 4.79 Å². The zero-order valence-electron chi connectivity index (χ0n) is 17.3. The van der Waals surface area contributed by atoms with Gasteiger partial charge in [-0.15, -0.1) is 0 Å². The number of carbonyl (C=O) groups is 2. The van der Waals surface area contributed by atoms with Crippen LogP contribution in [0.2, 0.25) is 0 Å². The number of likely N-dealkylation sites (tertiary alicyclic amines) is 2. The van der Waals surface area contributed by atoms with Gasteiger partial charge in [0, 0.05) is 69.8 Å². The third-order valence-corrected chi connectivity index (χ3v) is 6.34. The summed E-state index contributed by atoms with van der Waals surface area (Å²) in [5.74, 6) is 2.23. The molecule has 0 bridgehead atoms. The van der Waals surface area contributed by atoms with Crippen molar-refractivity contribution in [2.45, 2.75) is 26.2 Å². The van der Waals surface area contributed by atoms with E-state index in [-0.39, 0.29) is 11.9 Å². The minimum absolute atomic E-state index is 0.0414. The van der Waals surface area contributed by atoms with Crippen LogP contribution < -0.4 is 15.0 Å². The lowest BCUT2D eigenvalue weighted by atomic mass is 10.0. The summed E-state index contributed by atoms with van der Waals surface area (Å²) in [4.78, 5) is 30.4. The average Bonchev–Trinajstić information content (AvgIpc) is 3.41. The first-order chi connectivity index (χ1) is 14.1. The summed E-state index contributed by atoms with van der Waals surface area (Å²) in [7, 11) is 0. The summed E-state index contributed by atoms with van der Waals surface area (Å²) < 4.78 is 5.52. The van der Waals surface area contributed by atoms with E-state index in [1.807, 2.05) is 28.9 Å². The van der Waals surface area contributed by atoms with Crippen molar-refractivity contribution in [1.82, 2.24) is 15.1 Å². The first-order valence-electron chi connectivity index (χ1n) is 10.9. The first kappa shape index (κ1) is 19.9. The number of anilines is 1. The molecule has 0 radical (unpaired) electrons. The number of nitrogens with one attached hydrogen (secondary N) is 1. The monoisotopic (exact) mass is 400 g/mol. The average molecular weight is 401 g/mol. The van der Waals surface area contributed by atoms with Crippen LogP contribution in [0.3, 0.4) is 0 Å². The Balaban J connectivity index is 1.18. The summed E-state index contributed by atoms with van der Waals surface area (Å²) in [6, 6.07) is 8.35. The Labute approximate surface area is 173 Å². The van der Waals surface area contributed by atoms with Gasteiger partial charge in [0.25, 0.3) is 0 Å². The molecule has 158 valence electrons. The van der Waals surface area contributed by atoms with Gasteiger partial charge >= 0.3 is 6.03 Å². The maximum absolute atomic E-state index is 12.5. The lowest BCUT2D eigenvalue weighted by Crippen LogP contribution is -2.41. The van der Waals surface area contributed by atoms with Gasteiger partial charge in [-0.1, -0.05) is 0 Å². The Morgan fingerprint density at radius 2 is 1.86 bits per heavy atom. The largest absolute Gasteiger partial charge is 0.494 e. The van der Waals surface area contributed by atoms with Gasteiger partial charge in [-0.2, -0.15) is 0 Å². The van der Waals surface area contributed by atoms with Gasteiger partial charge in [-0.3, -0.25) is 4.79 Å². The number of fused-ring (bicyclic) bond motifs is 1. The highest BCUT2D eigenvalue weighted by Gasteiger charge is 2.41. The van der Waals surface area contributed by atoms with Crippen LogP contribution in [0, 0.1) is 11.8 Å². The molecule has 2 unspecified atom stereocenters. The fraction of sp³-hybridized carbons (Fsp3) is 0.636. The molecule has 0 saturated carbocycles. The summed E-state index contributed by atoms with van der Waals surface area (Å²) in [5.41, 5.74) is 1.23. The van der Waals surface area contributed by atoms with E-state index >= 15 is 0 Å². The van der Waals surface area contributed by atoms with Crippen LogP contribution >= 0.6 is 0 Å². The smallest absolute Gasteiger partial charge is 0.317 e. The quantitative estimate of drug-likeness (QED) is 0.713. The van der Waals surface area contributed by atoms with Crippen LogP contribution in [0.1, 0.15) is 26.2 Å². The number of amides is 3. The zero-order chi connectivity index (χ0) is 20.2. The summed E-state index contributed by atoms with van der Waals surface area (Å²) >= 11 is 0. The van der Waals surface area contributed by atoms with Crippen molar-refractivity contribution in [2.75, 3.05) is 57.3 Å². The van der Waals surface area contributed by atoms with Gasteiger partial charge in [0.2, 0.25) is 5.91 Å². The summed E-state index contributed by atoms with van der Waals surface area (Å²) in [6.07, 6.45) is 2.47. The minimum Gasteiger partial charge on any atom is -0.494 e. The molecule has 3 aliphatic heterocycles. The third-order valence-electron chi connectivity index (χ3n) is 6.34. The van der Waals surface area contributed by atoms with E-state index in [1.54, 1.807) is 0 Å². The maximum Gasteiger partial charge on any atom is 0.317 e. The number of nitrogens with zero attached hydrogens (tertiary/aromatic N) is 3. The molecule has 3 aliphatic rings. The fourth-order valence-corrected chi connectivity index (χ4v) is 4.81. The van der Waals surface area contributed by atoms with Crippen LogP contribution in [0.25, 0.3) is 0 Å². The Morgan fingerprint density at radius 1 is 1.14 bits per heavy atom. The molecule has 3 fully saturated rings. The molecule has 2 atom stereocenters. The van der Waals surface area contributed by atoms with E-state index in [0.29, 0.717) is 31.4 Å². The number of rotatable bonds is 7. The van der Waals surface area contributed by atoms with E-state index in [2.05, 4.69) is 22.3 Å². The van der Waals surface area contributed by atoms with E-state index < -0.39 is 0 Å². The number of urea groups is 1. The number of carbonyl (C=O) groups excluding carboxylic acids is 2. The zero-order valence-corrected chi connectivity index (χ0v) is 17.3. The van der Waals surface area contributed by atoms with Crippen molar-refractivity contribution >= 4 is 17.6 Å². The Hall–Kier alpha value is -2.44. The molecule has 1 aromatic carbocycles. The lowest BCUT2D eigenvalue weighted by molar-refractivity contribution is -0.127. The normalized spacial score (nSPS) is 23.6. The molecule has 1 aromatic rings. The molecular formula is C22H32N4O3. The highest BCUT2D eigenvalue weighted by atomic mass is 16.5. The predicted octanol–water partition coefficient (Wildman–Crippen LogP) is 2.18. The molecular weight excluding hydrogens is 368 g/mol. The Bertz CT molecular complexity index is 709. The highest BCUT2D eigenvalue weighted by molar-refractivity contribution is 5.78. The van der Waals surface area contributed by atoms with Crippen molar-refractivity contribution < 1.29 is 14.3 Å². The van der Waals surface area contributed by atoms with Crippen molar-refractivity contribution in [1.29, 1.82) is 0 Å². The van der Waals surface area contributed by atoms with Crippen LogP contribution in [0.4, 0.5) is 10.5 Å². The van der Waals surface area contributed by atoms with Crippen LogP contribution in [0.5, 0.6) is 5.75 Å². The predicted molar refractivity (Wildman–Crippen MR) is 112 cm³/mol. The maximum atomic E-state index is 12.5. The molecule has 29 heavy (non-hydrogen) atoms. The molecule has 3 amide bonds. The van der Waals surface area contributed by atoms with Gasteiger partial charge in [-0.05, 0) is 44.0 Å². The van der Waals surface area contributed by atoms with E-state index in [9.17, 15) is 9.59 Å². The number of hydrogen-bond acceptors (Lipinski definition) is 4. The summed E-state index contributed by atoms with van der Waals surface area (Å²) in [6.45, 7) is 8.58. The van der Waals surface area contributed by atoms with Crippen LogP contribution in [-0.4, -0.2) is 74.2 Å². The van der Waals surface area contributed by atoms with Gasteiger partial charge in [0.05, 0.1) is 6.61 Å². The molecule has 3 heterocycles. The van der Waals surface area contributed by atoms with Crippen molar-refractivity contribution in [2.24, 2.45) is 11.8 Å². The standard InChI is InChI=1S/C22H32N4O3/c1-2-29-20-8-6-19(7-9-20)25-13-17-15-26(16-18(17)14-25)22(28)23-10-4-12-24-11-3-5-21(24)27/h6-9,17-18H,2-5,10-16H2,1H3,(H,23,28). The molecule has 4 rings (SSSR count). The minimum atomic E-state index is 0.0414. The Kier molecular flexibility index (Phi) is 6.11. The number of hydrogen-bond donors (Lipinski definition) is 1. The number of ether oxygens (including phenoxy) is 1. The van der Waals surface area contributed by atoms with Crippen LogP contribution in [0.15, 0.2) is 24.3 Å². The SMILES string of the molecule is CCOc1ccc(N2CC3CN(C(=O)NCCCN4CCCC4=O)CC3C2)cc1. The fourth-order valence-electron chi connectivity index (χ4n) is 4.81. The van der Waals surface area contributed by atoms with E-state index in [4.69, 9.17) is 4.74 Å². The lowest BCUT2D eigenvalue weighted by Gasteiger charge is -2.24. The number of benzene rings is 1. The van der Waals surface area contributed by atoms with Gasteiger partial charge < -0.3 is 24.8 Å². The summed E-state index contributed by atoms with van der Waals surface area (Å²) in [5, 5.41) is 3.04. The van der Waals surface area contributed by atoms with Crippen molar-refractivity contribution in [3.8, 4) is 5.75 Å². The molecule has 7 heteroatoms. The molecule has 0 aliphatic carbocycles. The second-order valence-corrected chi connectivity index (χ2v) is 8.33. The van der Waals surface area contributed by atoms with Gasteiger partial charge in [-0.25, -0.2) is 4.79 Å². The molecule has 0 aromatic heterocycles. The van der Waals surface area contributed by atoms with E-state index in [0.717, 1.165) is 57.9 Å². The molecule has 7 nitrogen and oxygen atoms in total. The Morgan fingerprint density at radius 3 is 2.48 bits per heavy atom. The van der Waals surface area contributed by atoms with Crippen molar-refractivity contribution in [3.63, 3.8) is 0 Å². The highest BCUT2D eigenvalue weighted by Crippen LogP contribution is 2.34. The molecule has 1 N–H and O–H groups in total. The second-order valence-electron chi connectivity index (χ2n) is 8.33. The first-order valence-corrected chi connectivity index (χ1v) is 10.9. The topological polar surface area (TPSA) is 65.1 Å². The van der Waals surface area contributed by atoms with Gasteiger partial charge in [0.15, 0.2) is 0 Å². The third kappa shape index (κ3) is 4.60. The van der Waals surface area contributed by atoms with Crippen molar-refractivity contribution in [3.05, 3.63) is 24.3 Å². The molecule has 3 saturated heterocycles. The van der Waals surface area contributed by atoms with Gasteiger partial charge in [0.1, 0.15) is 5.75 Å². The second kappa shape index (κ2) is 8.93. The molecule has 0 spiro atoms.